The lowest BCUT2D eigenvalue weighted by molar-refractivity contribution is 0.567. The normalized spacial score (nSPS) is 22.3. The van der Waals surface area contributed by atoms with Crippen molar-refractivity contribution in [3.63, 3.8) is 0 Å². The minimum atomic E-state index is -2.91. The topological polar surface area (TPSA) is 63.2 Å². The molecule has 2 aromatic heterocycles. The van der Waals surface area contributed by atoms with E-state index in [4.69, 9.17) is 0 Å². The van der Waals surface area contributed by atoms with Gasteiger partial charge in [-0.1, -0.05) is 6.92 Å². The van der Waals surface area contributed by atoms with Crippen molar-refractivity contribution >= 4 is 37.2 Å². The molecule has 20 heavy (non-hydrogen) atoms. The quantitative estimate of drug-likeness (QED) is 0.847. The Morgan fingerprint density at radius 3 is 2.95 bits per heavy atom. The lowest BCUT2D eigenvalue weighted by atomic mass is 10.2. The summed E-state index contributed by atoms with van der Waals surface area (Å²) in [6, 6.07) is 1.97. The van der Waals surface area contributed by atoms with E-state index >= 15 is 0 Å². The van der Waals surface area contributed by atoms with Gasteiger partial charge in [-0.25, -0.2) is 18.4 Å². The second-order valence-electron chi connectivity index (χ2n) is 5.11. The van der Waals surface area contributed by atoms with Crippen molar-refractivity contribution in [1.82, 2.24) is 9.97 Å². The van der Waals surface area contributed by atoms with Crippen molar-refractivity contribution in [2.24, 2.45) is 0 Å². The fourth-order valence-electron chi connectivity index (χ4n) is 2.57. The van der Waals surface area contributed by atoms with Crippen LogP contribution in [0.1, 0.15) is 19.7 Å². The van der Waals surface area contributed by atoms with E-state index < -0.39 is 9.84 Å². The zero-order chi connectivity index (χ0) is 14.3. The minimum Gasteiger partial charge on any atom is -0.351 e. The molecule has 1 fully saturated rings. The Bertz CT molecular complexity index is 739. The monoisotopic (exact) mass is 311 g/mol. The summed E-state index contributed by atoms with van der Waals surface area (Å²) in [7, 11) is -2.91. The van der Waals surface area contributed by atoms with Crippen LogP contribution < -0.4 is 4.90 Å². The van der Waals surface area contributed by atoms with Crippen LogP contribution in [0.25, 0.3) is 10.2 Å². The third-order valence-corrected chi connectivity index (χ3v) is 6.21. The molecule has 0 aliphatic carbocycles. The molecule has 1 saturated heterocycles. The fraction of sp³-hybridized carbons (Fsp3) is 0.538. The first-order valence-corrected chi connectivity index (χ1v) is 9.41. The third kappa shape index (κ3) is 2.40. The average Bonchev–Trinajstić information content (AvgIpc) is 2.85. The molecule has 3 rings (SSSR count). The van der Waals surface area contributed by atoms with Crippen LogP contribution in [0.4, 0.5) is 5.82 Å². The van der Waals surface area contributed by atoms with Gasteiger partial charge in [0.2, 0.25) is 0 Å². The molecule has 7 heteroatoms. The minimum absolute atomic E-state index is 0.0449. The maximum absolute atomic E-state index is 11.7. The molecule has 0 saturated carbocycles. The number of anilines is 1. The largest absolute Gasteiger partial charge is 0.351 e. The molecule has 1 aliphatic rings. The Labute approximate surface area is 122 Å². The predicted octanol–water partition coefficient (Wildman–Crippen LogP) is 1.88. The van der Waals surface area contributed by atoms with Gasteiger partial charge in [0.25, 0.3) is 0 Å². The Morgan fingerprint density at radius 1 is 1.45 bits per heavy atom. The second kappa shape index (κ2) is 4.96. The van der Waals surface area contributed by atoms with Gasteiger partial charge in [-0.15, -0.1) is 11.3 Å². The summed E-state index contributed by atoms with van der Waals surface area (Å²) < 4.78 is 23.4. The van der Waals surface area contributed by atoms with Gasteiger partial charge in [0.1, 0.15) is 16.5 Å². The number of nitrogens with zero attached hydrogens (tertiary/aromatic N) is 3. The highest BCUT2D eigenvalue weighted by molar-refractivity contribution is 7.91. The average molecular weight is 311 g/mol. The third-order valence-electron chi connectivity index (χ3n) is 3.61. The fourth-order valence-corrected chi connectivity index (χ4v) is 4.91. The van der Waals surface area contributed by atoms with E-state index in [1.54, 1.807) is 11.3 Å². The van der Waals surface area contributed by atoms with Crippen LogP contribution in [0.5, 0.6) is 0 Å². The maximum atomic E-state index is 11.7. The van der Waals surface area contributed by atoms with E-state index in [-0.39, 0.29) is 17.5 Å². The number of rotatable bonds is 2. The van der Waals surface area contributed by atoms with Crippen LogP contribution in [-0.2, 0) is 16.3 Å². The predicted molar refractivity (Wildman–Crippen MR) is 82.3 cm³/mol. The van der Waals surface area contributed by atoms with E-state index in [9.17, 15) is 8.42 Å². The molecule has 5 nitrogen and oxygen atoms in total. The van der Waals surface area contributed by atoms with Crippen LogP contribution in [0.3, 0.4) is 0 Å². The molecule has 1 unspecified atom stereocenters. The summed E-state index contributed by atoms with van der Waals surface area (Å²) in [4.78, 5) is 12.3. The molecular weight excluding hydrogens is 294 g/mol. The van der Waals surface area contributed by atoms with Gasteiger partial charge in [0.05, 0.1) is 16.9 Å². The number of fused-ring (bicyclic) bond motifs is 1. The highest BCUT2D eigenvalue weighted by Gasteiger charge is 2.30. The summed E-state index contributed by atoms with van der Waals surface area (Å²) in [6.07, 6.45) is 0.779. The zero-order valence-corrected chi connectivity index (χ0v) is 13.2. The first-order chi connectivity index (χ1) is 9.50. The number of thiophene rings is 1. The van der Waals surface area contributed by atoms with Gasteiger partial charge >= 0.3 is 0 Å². The van der Waals surface area contributed by atoms with Crippen LogP contribution in [0, 0.1) is 0 Å². The lowest BCUT2D eigenvalue weighted by Gasteiger charge is -2.34. The van der Waals surface area contributed by atoms with Gasteiger partial charge < -0.3 is 4.90 Å². The van der Waals surface area contributed by atoms with E-state index in [0.717, 1.165) is 28.3 Å². The molecule has 0 bridgehead atoms. The van der Waals surface area contributed by atoms with Crippen molar-refractivity contribution in [1.29, 1.82) is 0 Å². The summed E-state index contributed by atoms with van der Waals surface area (Å²) in [6.45, 7) is 4.49. The molecule has 1 aliphatic heterocycles. The number of aryl methyl sites for hydroxylation is 1. The molecule has 3 heterocycles. The Balaban J connectivity index is 2.07. The van der Waals surface area contributed by atoms with Crippen LogP contribution >= 0.6 is 11.3 Å². The Morgan fingerprint density at radius 2 is 2.25 bits per heavy atom. The van der Waals surface area contributed by atoms with Crippen molar-refractivity contribution < 1.29 is 8.42 Å². The molecule has 0 spiro atoms. The summed E-state index contributed by atoms with van der Waals surface area (Å²) >= 11 is 1.60. The van der Waals surface area contributed by atoms with Crippen LogP contribution in [-0.4, -0.2) is 42.5 Å². The molecule has 0 N–H and O–H groups in total. The van der Waals surface area contributed by atoms with Crippen LogP contribution in [0.15, 0.2) is 11.4 Å². The summed E-state index contributed by atoms with van der Waals surface area (Å²) in [5.74, 6) is 2.10. The molecule has 0 amide bonds. The van der Waals surface area contributed by atoms with Gasteiger partial charge in [-0.05, 0) is 18.4 Å². The summed E-state index contributed by atoms with van der Waals surface area (Å²) in [5.41, 5.74) is 0. The highest BCUT2D eigenvalue weighted by atomic mass is 32.2. The summed E-state index contributed by atoms with van der Waals surface area (Å²) in [5, 5.41) is 3.03. The van der Waals surface area contributed by atoms with Crippen molar-refractivity contribution in [2.75, 3.05) is 23.0 Å². The maximum Gasteiger partial charge on any atom is 0.154 e. The number of hydrogen-bond acceptors (Lipinski definition) is 6. The van der Waals surface area contributed by atoms with E-state index in [0.29, 0.717) is 6.54 Å². The SMILES string of the molecule is CCc1nc(N2CCS(=O)(=O)CC2C)c2ccsc2n1. The Hall–Kier alpha value is -1.21. The Kier molecular flexibility index (Phi) is 3.41. The lowest BCUT2D eigenvalue weighted by Crippen LogP contribution is -2.47. The smallest absolute Gasteiger partial charge is 0.154 e. The first-order valence-electron chi connectivity index (χ1n) is 6.71. The van der Waals surface area contributed by atoms with Crippen molar-refractivity contribution in [3.05, 3.63) is 17.3 Å². The van der Waals surface area contributed by atoms with Crippen molar-refractivity contribution in [3.8, 4) is 0 Å². The zero-order valence-electron chi connectivity index (χ0n) is 11.5. The van der Waals surface area contributed by atoms with Gasteiger partial charge in [0.15, 0.2) is 9.84 Å². The number of aromatic nitrogens is 2. The van der Waals surface area contributed by atoms with Gasteiger partial charge in [-0.3, -0.25) is 0 Å². The number of sulfone groups is 1. The first kappa shape index (κ1) is 13.8. The van der Waals surface area contributed by atoms with E-state index in [2.05, 4.69) is 14.9 Å². The van der Waals surface area contributed by atoms with E-state index in [1.807, 2.05) is 25.3 Å². The molecule has 1 atom stereocenters. The number of hydrogen-bond donors (Lipinski definition) is 0. The van der Waals surface area contributed by atoms with E-state index in [1.165, 1.54) is 0 Å². The molecule has 0 radical (unpaired) electrons. The van der Waals surface area contributed by atoms with Gasteiger partial charge in [0, 0.05) is 19.0 Å². The van der Waals surface area contributed by atoms with Gasteiger partial charge in [-0.2, -0.15) is 0 Å². The molecule has 108 valence electrons. The van der Waals surface area contributed by atoms with Crippen LogP contribution in [0.2, 0.25) is 0 Å². The molecular formula is C13H17N3O2S2. The van der Waals surface area contributed by atoms with Crippen molar-refractivity contribution in [2.45, 2.75) is 26.3 Å². The molecule has 2 aromatic rings. The highest BCUT2D eigenvalue weighted by Crippen LogP contribution is 2.30. The standard InChI is InChI=1S/C13H17N3O2S2/c1-3-11-14-12(10-4-6-19-13(10)15-11)16-5-7-20(17,18)8-9(16)2/h4,6,9H,3,5,7-8H2,1-2H3. The second-order valence-corrected chi connectivity index (χ2v) is 8.24. The molecule has 0 aromatic carbocycles.